The third-order valence-corrected chi connectivity index (χ3v) is 4.53. The van der Waals surface area contributed by atoms with E-state index in [1.54, 1.807) is 17.7 Å². The van der Waals surface area contributed by atoms with Crippen LogP contribution in [-0.4, -0.2) is 19.3 Å². The molecule has 0 amide bonds. The number of H-pyrrole nitrogens is 1. The molecule has 0 atom stereocenters. The van der Waals surface area contributed by atoms with Crippen molar-refractivity contribution in [2.24, 2.45) is 0 Å². The summed E-state index contributed by atoms with van der Waals surface area (Å²) in [6.07, 6.45) is 1.69. The van der Waals surface area contributed by atoms with Gasteiger partial charge in [0.2, 0.25) is 0 Å². The standard InChI is InChI=1S/C20H18N4O2/c1-13-6-5-8-16(10-13)24-20(26)19-14(2)23(18(25)11-17(19)22-24)12-15-7-3-4-9-21-15/h3-11,22H,12H2,1-2H3. The summed E-state index contributed by atoms with van der Waals surface area (Å²) in [6, 6.07) is 14.7. The molecule has 0 radical (unpaired) electrons. The molecule has 0 saturated carbocycles. The second-order valence-electron chi connectivity index (χ2n) is 6.36. The van der Waals surface area contributed by atoms with Gasteiger partial charge in [-0.05, 0) is 43.7 Å². The Morgan fingerprint density at radius 2 is 1.88 bits per heavy atom. The van der Waals surface area contributed by atoms with E-state index in [2.05, 4.69) is 10.1 Å². The molecule has 4 aromatic rings. The highest BCUT2D eigenvalue weighted by Crippen LogP contribution is 2.15. The van der Waals surface area contributed by atoms with Crippen LogP contribution in [0.1, 0.15) is 17.0 Å². The first-order chi connectivity index (χ1) is 12.5. The Kier molecular flexibility index (Phi) is 3.80. The van der Waals surface area contributed by atoms with Crippen LogP contribution in [0.5, 0.6) is 0 Å². The Morgan fingerprint density at radius 1 is 1.04 bits per heavy atom. The number of aryl methyl sites for hydroxylation is 2. The fourth-order valence-electron chi connectivity index (χ4n) is 3.21. The molecule has 0 fully saturated rings. The number of hydrogen-bond donors (Lipinski definition) is 1. The minimum atomic E-state index is -0.169. The van der Waals surface area contributed by atoms with E-state index in [0.717, 1.165) is 16.9 Å². The van der Waals surface area contributed by atoms with Crippen molar-refractivity contribution in [1.82, 2.24) is 19.3 Å². The van der Waals surface area contributed by atoms with Gasteiger partial charge in [0.15, 0.2) is 0 Å². The van der Waals surface area contributed by atoms with Gasteiger partial charge in [0.25, 0.3) is 11.1 Å². The summed E-state index contributed by atoms with van der Waals surface area (Å²) in [7, 11) is 0. The van der Waals surface area contributed by atoms with Crippen molar-refractivity contribution in [3.8, 4) is 5.69 Å². The molecule has 3 heterocycles. The summed E-state index contributed by atoms with van der Waals surface area (Å²) in [5.74, 6) is 0. The Hall–Kier alpha value is -3.41. The van der Waals surface area contributed by atoms with E-state index in [9.17, 15) is 9.59 Å². The van der Waals surface area contributed by atoms with Crippen LogP contribution < -0.4 is 11.1 Å². The molecule has 130 valence electrons. The molecule has 1 aromatic carbocycles. The molecule has 0 spiro atoms. The summed E-state index contributed by atoms with van der Waals surface area (Å²) >= 11 is 0. The first-order valence-corrected chi connectivity index (χ1v) is 8.37. The molecule has 3 aromatic heterocycles. The van der Waals surface area contributed by atoms with E-state index in [1.807, 2.05) is 49.4 Å². The number of nitrogens with one attached hydrogen (secondary N) is 1. The van der Waals surface area contributed by atoms with E-state index >= 15 is 0 Å². The smallest absolute Gasteiger partial charge is 0.280 e. The van der Waals surface area contributed by atoms with E-state index in [1.165, 1.54) is 10.7 Å². The van der Waals surface area contributed by atoms with Gasteiger partial charge in [0, 0.05) is 18.0 Å². The van der Waals surface area contributed by atoms with Crippen LogP contribution in [0.15, 0.2) is 64.3 Å². The normalized spacial score (nSPS) is 11.2. The zero-order valence-electron chi connectivity index (χ0n) is 14.6. The zero-order valence-corrected chi connectivity index (χ0v) is 14.6. The summed E-state index contributed by atoms with van der Waals surface area (Å²) < 4.78 is 3.07. The van der Waals surface area contributed by atoms with Gasteiger partial charge >= 0.3 is 0 Å². The number of nitrogens with zero attached hydrogens (tertiary/aromatic N) is 3. The molecule has 0 saturated heterocycles. The predicted molar refractivity (Wildman–Crippen MR) is 101 cm³/mol. The SMILES string of the molecule is Cc1cccc(-n2[nH]c3cc(=O)n(Cc4ccccn4)c(C)c3c2=O)c1. The minimum absolute atomic E-state index is 0.168. The number of hydrogen-bond acceptors (Lipinski definition) is 3. The van der Waals surface area contributed by atoms with Gasteiger partial charge in [-0.15, -0.1) is 0 Å². The first kappa shape index (κ1) is 16.1. The van der Waals surface area contributed by atoms with Gasteiger partial charge in [-0.3, -0.25) is 19.7 Å². The van der Waals surface area contributed by atoms with Crippen molar-refractivity contribution >= 4 is 10.9 Å². The molecule has 6 nitrogen and oxygen atoms in total. The van der Waals surface area contributed by atoms with Crippen molar-refractivity contribution in [3.63, 3.8) is 0 Å². The number of benzene rings is 1. The fraction of sp³-hybridized carbons (Fsp3) is 0.150. The molecule has 26 heavy (non-hydrogen) atoms. The molecule has 0 unspecified atom stereocenters. The Labute approximate surface area is 149 Å². The maximum Gasteiger partial charge on any atom is 0.280 e. The molecule has 0 aliphatic heterocycles. The van der Waals surface area contributed by atoms with E-state index in [-0.39, 0.29) is 11.1 Å². The van der Waals surface area contributed by atoms with Crippen molar-refractivity contribution in [3.05, 3.63) is 92.4 Å². The quantitative estimate of drug-likeness (QED) is 0.620. The topological polar surface area (TPSA) is 72.7 Å². The van der Waals surface area contributed by atoms with E-state index in [0.29, 0.717) is 23.1 Å². The van der Waals surface area contributed by atoms with Crippen LogP contribution in [0.4, 0.5) is 0 Å². The third-order valence-electron chi connectivity index (χ3n) is 4.53. The van der Waals surface area contributed by atoms with E-state index < -0.39 is 0 Å². The average Bonchev–Trinajstić information content (AvgIpc) is 2.96. The van der Waals surface area contributed by atoms with E-state index in [4.69, 9.17) is 0 Å². The van der Waals surface area contributed by atoms with Crippen LogP contribution in [0.3, 0.4) is 0 Å². The zero-order chi connectivity index (χ0) is 18.3. The van der Waals surface area contributed by atoms with Crippen molar-refractivity contribution in [1.29, 1.82) is 0 Å². The van der Waals surface area contributed by atoms with Gasteiger partial charge in [-0.1, -0.05) is 18.2 Å². The lowest BCUT2D eigenvalue weighted by atomic mass is 10.2. The van der Waals surface area contributed by atoms with Crippen LogP contribution in [0.25, 0.3) is 16.6 Å². The molecule has 6 heteroatoms. The lowest BCUT2D eigenvalue weighted by Gasteiger charge is -2.09. The predicted octanol–water partition coefficient (Wildman–Crippen LogP) is 2.54. The van der Waals surface area contributed by atoms with Gasteiger partial charge in [-0.2, -0.15) is 0 Å². The minimum Gasteiger partial charge on any atom is -0.306 e. The van der Waals surface area contributed by atoms with Crippen LogP contribution >= 0.6 is 0 Å². The largest absolute Gasteiger partial charge is 0.306 e. The highest BCUT2D eigenvalue weighted by atomic mass is 16.1. The van der Waals surface area contributed by atoms with Gasteiger partial charge in [-0.25, -0.2) is 4.68 Å². The monoisotopic (exact) mass is 346 g/mol. The summed E-state index contributed by atoms with van der Waals surface area (Å²) in [6.45, 7) is 4.10. The molecule has 4 rings (SSSR count). The van der Waals surface area contributed by atoms with Gasteiger partial charge in [0.05, 0.1) is 28.8 Å². The Morgan fingerprint density at radius 3 is 2.62 bits per heavy atom. The highest BCUT2D eigenvalue weighted by molar-refractivity contribution is 5.80. The van der Waals surface area contributed by atoms with Crippen LogP contribution in [-0.2, 0) is 6.54 Å². The third kappa shape index (κ3) is 2.65. The maximum absolute atomic E-state index is 13.0. The summed E-state index contributed by atoms with van der Waals surface area (Å²) in [4.78, 5) is 29.8. The van der Waals surface area contributed by atoms with Gasteiger partial charge in [0.1, 0.15) is 0 Å². The highest BCUT2D eigenvalue weighted by Gasteiger charge is 2.15. The molecule has 1 N–H and O–H groups in total. The van der Waals surface area contributed by atoms with Gasteiger partial charge < -0.3 is 4.57 Å². The Bertz CT molecular complexity index is 1220. The molecular weight excluding hydrogens is 328 g/mol. The summed E-state index contributed by atoms with van der Waals surface area (Å²) in [5, 5.41) is 3.57. The lowest BCUT2D eigenvalue weighted by Crippen LogP contribution is -2.24. The number of aromatic nitrogens is 4. The van der Waals surface area contributed by atoms with Crippen molar-refractivity contribution in [2.45, 2.75) is 20.4 Å². The first-order valence-electron chi connectivity index (χ1n) is 8.37. The second-order valence-corrected chi connectivity index (χ2v) is 6.36. The molecule has 0 aliphatic rings. The second kappa shape index (κ2) is 6.15. The van der Waals surface area contributed by atoms with Crippen LogP contribution in [0.2, 0.25) is 0 Å². The molecular formula is C20H18N4O2. The summed E-state index contributed by atoms with van der Waals surface area (Å²) in [5.41, 5.74) is 3.40. The number of aromatic amines is 1. The van der Waals surface area contributed by atoms with Crippen molar-refractivity contribution < 1.29 is 0 Å². The fourth-order valence-corrected chi connectivity index (χ4v) is 3.21. The number of fused-ring (bicyclic) bond motifs is 1. The maximum atomic E-state index is 13.0. The lowest BCUT2D eigenvalue weighted by molar-refractivity contribution is 0.720. The molecule has 0 aliphatic carbocycles. The van der Waals surface area contributed by atoms with Crippen LogP contribution in [0, 0.1) is 13.8 Å². The Balaban J connectivity index is 1.91. The number of pyridine rings is 2. The number of rotatable bonds is 3. The van der Waals surface area contributed by atoms with Crippen molar-refractivity contribution in [2.75, 3.05) is 0 Å². The average molecular weight is 346 g/mol. The molecule has 0 bridgehead atoms.